The summed E-state index contributed by atoms with van der Waals surface area (Å²) in [7, 11) is 0. The maximum atomic E-state index is 13.5. The number of nitrogens with zero attached hydrogens (tertiary/aromatic N) is 5. The van der Waals surface area contributed by atoms with Gasteiger partial charge in [-0.3, -0.25) is 14.3 Å². The number of benzene rings is 2. The molecule has 5 rings (SSSR count). The van der Waals surface area contributed by atoms with Crippen LogP contribution in [0.2, 0.25) is 0 Å². The fourth-order valence-corrected chi connectivity index (χ4v) is 5.86. The van der Waals surface area contributed by atoms with Crippen molar-refractivity contribution in [2.45, 2.75) is 44.3 Å². The number of aryl methyl sites for hydroxylation is 3. The van der Waals surface area contributed by atoms with E-state index in [9.17, 15) is 4.79 Å². The van der Waals surface area contributed by atoms with E-state index < -0.39 is 0 Å². The first-order valence-electron chi connectivity index (χ1n) is 11.1. The van der Waals surface area contributed by atoms with Crippen molar-refractivity contribution < 1.29 is 4.79 Å². The Bertz CT molecular complexity index is 1210. The van der Waals surface area contributed by atoms with Crippen LogP contribution in [0.25, 0.3) is 5.69 Å². The Balaban J connectivity index is 1.36. The zero-order valence-electron chi connectivity index (χ0n) is 18.5. The van der Waals surface area contributed by atoms with Gasteiger partial charge in [0, 0.05) is 10.6 Å². The molecule has 2 aromatic carbocycles. The minimum absolute atomic E-state index is 0.0217. The molecule has 168 valence electrons. The minimum Gasteiger partial charge on any atom is -0.283 e. The standard InChI is InChI=1S/C25H25N5OS2/c1-18-11-13-20(14-12-18)30-17-26-28-25(30)32-16-23(31)29(15-19-7-3-2-4-8-19)24-27-21-9-5-6-10-22(21)33-24/h2-4,7-8,11-14,17H,5-6,9-10,15-16H2,1H3. The van der Waals surface area contributed by atoms with E-state index >= 15 is 0 Å². The Morgan fingerprint density at radius 3 is 2.67 bits per heavy atom. The molecule has 1 aliphatic rings. The van der Waals surface area contributed by atoms with Gasteiger partial charge in [-0.2, -0.15) is 0 Å². The minimum atomic E-state index is 0.0217. The molecule has 0 saturated carbocycles. The highest BCUT2D eigenvalue weighted by Crippen LogP contribution is 2.33. The molecule has 0 atom stereocenters. The van der Waals surface area contributed by atoms with Crippen LogP contribution in [0.3, 0.4) is 0 Å². The number of carbonyl (C=O) groups is 1. The third-order valence-electron chi connectivity index (χ3n) is 5.70. The van der Waals surface area contributed by atoms with E-state index in [4.69, 9.17) is 4.98 Å². The van der Waals surface area contributed by atoms with E-state index in [1.807, 2.05) is 39.8 Å². The highest BCUT2D eigenvalue weighted by molar-refractivity contribution is 7.99. The molecule has 0 radical (unpaired) electrons. The van der Waals surface area contributed by atoms with Crippen LogP contribution in [0.15, 0.2) is 66.1 Å². The highest BCUT2D eigenvalue weighted by Gasteiger charge is 2.24. The summed E-state index contributed by atoms with van der Waals surface area (Å²) >= 11 is 3.07. The molecule has 4 aromatic rings. The number of rotatable bonds is 7. The van der Waals surface area contributed by atoms with Crippen LogP contribution in [0.1, 0.15) is 34.5 Å². The van der Waals surface area contributed by atoms with Crippen LogP contribution in [0.5, 0.6) is 0 Å². The summed E-state index contributed by atoms with van der Waals surface area (Å²) in [5, 5.41) is 9.82. The Morgan fingerprint density at radius 2 is 1.88 bits per heavy atom. The molecule has 0 unspecified atom stereocenters. The van der Waals surface area contributed by atoms with E-state index in [0.717, 1.165) is 29.2 Å². The lowest BCUT2D eigenvalue weighted by Crippen LogP contribution is -2.32. The van der Waals surface area contributed by atoms with E-state index in [1.165, 1.54) is 40.7 Å². The van der Waals surface area contributed by atoms with Gasteiger partial charge < -0.3 is 0 Å². The third kappa shape index (κ3) is 5.02. The topological polar surface area (TPSA) is 63.9 Å². The van der Waals surface area contributed by atoms with Gasteiger partial charge in [0.25, 0.3) is 0 Å². The number of carbonyl (C=O) groups excluding carboxylic acids is 1. The van der Waals surface area contributed by atoms with Crippen LogP contribution in [-0.2, 0) is 24.2 Å². The number of aromatic nitrogens is 4. The average molecular weight is 476 g/mol. The predicted molar refractivity (Wildman–Crippen MR) is 133 cm³/mol. The Kier molecular flexibility index (Phi) is 6.55. The van der Waals surface area contributed by atoms with E-state index in [-0.39, 0.29) is 11.7 Å². The molecule has 0 fully saturated rings. The molecule has 0 saturated heterocycles. The van der Waals surface area contributed by atoms with E-state index in [1.54, 1.807) is 17.7 Å². The van der Waals surface area contributed by atoms with Crippen LogP contribution >= 0.6 is 23.1 Å². The molecule has 2 aromatic heterocycles. The molecule has 1 aliphatic carbocycles. The smallest absolute Gasteiger partial charge is 0.239 e. The summed E-state index contributed by atoms with van der Waals surface area (Å²) < 4.78 is 1.92. The number of thiazole rings is 1. The zero-order chi connectivity index (χ0) is 22.6. The first-order chi connectivity index (χ1) is 16.2. The normalized spacial score (nSPS) is 13.0. The maximum Gasteiger partial charge on any atom is 0.239 e. The average Bonchev–Trinajstić information content (AvgIpc) is 3.49. The van der Waals surface area contributed by atoms with Crippen molar-refractivity contribution in [2.75, 3.05) is 10.7 Å². The molecule has 1 amide bonds. The van der Waals surface area contributed by atoms with Gasteiger partial charge in [0.1, 0.15) is 6.33 Å². The fourth-order valence-electron chi connectivity index (χ4n) is 3.89. The second kappa shape index (κ2) is 9.89. The number of hydrogen-bond donors (Lipinski definition) is 0. The molecule has 6 nitrogen and oxygen atoms in total. The molecule has 0 N–H and O–H groups in total. The lowest BCUT2D eigenvalue weighted by Gasteiger charge is -2.20. The van der Waals surface area contributed by atoms with Crippen LogP contribution in [0, 0.1) is 6.92 Å². The molecule has 0 aliphatic heterocycles. The molecule has 0 bridgehead atoms. The van der Waals surface area contributed by atoms with Crippen molar-refractivity contribution in [3.05, 3.63) is 82.6 Å². The molecule has 0 spiro atoms. The number of anilines is 1. The van der Waals surface area contributed by atoms with Crippen LogP contribution in [0.4, 0.5) is 5.13 Å². The van der Waals surface area contributed by atoms with Gasteiger partial charge in [-0.1, -0.05) is 59.8 Å². The summed E-state index contributed by atoms with van der Waals surface area (Å²) in [5.74, 6) is 0.287. The molecular formula is C25H25N5OS2. The Labute approximate surface area is 201 Å². The van der Waals surface area contributed by atoms with Crippen molar-refractivity contribution in [1.82, 2.24) is 19.7 Å². The summed E-state index contributed by atoms with van der Waals surface area (Å²) in [4.78, 5) is 21.5. The SMILES string of the molecule is Cc1ccc(-n2cnnc2SCC(=O)N(Cc2ccccc2)c2nc3c(s2)CCCC3)cc1. The molecule has 33 heavy (non-hydrogen) atoms. The van der Waals surface area contributed by atoms with Crippen LogP contribution in [-0.4, -0.2) is 31.4 Å². The summed E-state index contributed by atoms with van der Waals surface area (Å²) in [6, 6.07) is 18.3. The number of hydrogen-bond acceptors (Lipinski definition) is 6. The van der Waals surface area contributed by atoms with Gasteiger partial charge >= 0.3 is 0 Å². The van der Waals surface area contributed by atoms with Crippen molar-refractivity contribution in [2.24, 2.45) is 0 Å². The van der Waals surface area contributed by atoms with Crippen molar-refractivity contribution in [3.63, 3.8) is 0 Å². The monoisotopic (exact) mass is 475 g/mol. The number of thioether (sulfide) groups is 1. The Morgan fingerprint density at radius 1 is 1.09 bits per heavy atom. The summed E-state index contributed by atoms with van der Waals surface area (Å²) in [6.07, 6.45) is 6.13. The lowest BCUT2D eigenvalue weighted by atomic mass is 10.0. The van der Waals surface area contributed by atoms with Crippen LogP contribution < -0.4 is 4.90 Å². The van der Waals surface area contributed by atoms with Crippen molar-refractivity contribution in [3.8, 4) is 5.69 Å². The highest BCUT2D eigenvalue weighted by atomic mass is 32.2. The zero-order valence-corrected chi connectivity index (χ0v) is 20.1. The lowest BCUT2D eigenvalue weighted by molar-refractivity contribution is -0.116. The number of fused-ring (bicyclic) bond motifs is 1. The third-order valence-corrected chi connectivity index (χ3v) is 7.81. The van der Waals surface area contributed by atoms with Gasteiger partial charge in [-0.15, -0.1) is 21.5 Å². The van der Waals surface area contributed by atoms with E-state index in [2.05, 4.69) is 41.4 Å². The number of amides is 1. The van der Waals surface area contributed by atoms with Gasteiger partial charge in [0.15, 0.2) is 10.3 Å². The van der Waals surface area contributed by atoms with Gasteiger partial charge in [0.2, 0.25) is 5.91 Å². The predicted octanol–water partition coefficient (Wildman–Crippen LogP) is 5.24. The maximum absolute atomic E-state index is 13.5. The van der Waals surface area contributed by atoms with Gasteiger partial charge in [-0.25, -0.2) is 4.98 Å². The molecule has 8 heteroatoms. The first-order valence-corrected chi connectivity index (χ1v) is 12.9. The van der Waals surface area contributed by atoms with E-state index in [0.29, 0.717) is 11.7 Å². The van der Waals surface area contributed by atoms with Crippen molar-refractivity contribution >= 4 is 34.1 Å². The quantitative estimate of drug-likeness (QED) is 0.342. The van der Waals surface area contributed by atoms with Gasteiger partial charge in [-0.05, 0) is 50.3 Å². The summed E-state index contributed by atoms with van der Waals surface area (Å²) in [6.45, 7) is 2.57. The van der Waals surface area contributed by atoms with Gasteiger partial charge in [0.05, 0.1) is 18.0 Å². The Hall–Kier alpha value is -2.97. The molecular weight excluding hydrogens is 450 g/mol. The van der Waals surface area contributed by atoms with Crippen molar-refractivity contribution in [1.29, 1.82) is 0 Å². The summed E-state index contributed by atoms with van der Waals surface area (Å²) in [5.41, 5.74) is 4.43. The first kappa shape index (κ1) is 21.9. The second-order valence-electron chi connectivity index (χ2n) is 8.15. The second-order valence-corrected chi connectivity index (χ2v) is 10.2. The fraction of sp³-hybridized carbons (Fsp3) is 0.280. The largest absolute Gasteiger partial charge is 0.283 e. The molecule has 2 heterocycles.